The zero-order valence-corrected chi connectivity index (χ0v) is 22.1. The Bertz CT molecular complexity index is 1320. The summed E-state index contributed by atoms with van der Waals surface area (Å²) in [6.45, 7) is 0.129. The first-order chi connectivity index (χ1) is 18.6. The summed E-state index contributed by atoms with van der Waals surface area (Å²) in [6.07, 6.45) is 6.35. The molecule has 38 heavy (non-hydrogen) atoms. The zero-order chi connectivity index (χ0) is 26.6. The van der Waals surface area contributed by atoms with Gasteiger partial charge in [0.1, 0.15) is 19.7 Å². The van der Waals surface area contributed by atoms with Gasteiger partial charge in [0.15, 0.2) is 6.20 Å². The summed E-state index contributed by atoms with van der Waals surface area (Å²) in [7, 11) is 1.99. The second-order valence-corrected chi connectivity index (χ2v) is 9.89. The molecule has 0 radical (unpaired) electrons. The molecule has 7 heteroatoms. The van der Waals surface area contributed by atoms with Gasteiger partial charge in [-0.2, -0.15) is 4.57 Å². The number of thiazole rings is 1. The van der Waals surface area contributed by atoms with Gasteiger partial charge in [0.25, 0.3) is 5.01 Å². The lowest BCUT2D eigenvalue weighted by Crippen LogP contribution is -2.50. The van der Waals surface area contributed by atoms with Crippen molar-refractivity contribution in [1.29, 1.82) is 0 Å². The Morgan fingerprint density at radius 2 is 1.42 bits per heavy atom. The van der Waals surface area contributed by atoms with Gasteiger partial charge in [-0.3, -0.25) is 4.79 Å². The van der Waals surface area contributed by atoms with E-state index in [1.165, 1.54) is 0 Å². The van der Waals surface area contributed by atoms with Gasteiger partial charge in [0.2, 0.25) is 5.91 Å². The summed E-state index contributed by atoms with van der Waals surface area (Å²) in [5.74, 6) is -0.272. The summed E-state index contributed by atoms with van der Waals surface area (Å²) >= 11 is 1.63. The average molecular weight is 527 g/mol. The molecular weight excluding hydrogens is 494 g/mol. The molecule has 0 saturated heterocycles. The highest BCUT2D eigenvalue weighted by Gasteiger charge is 2.24. The van der Waals surface area contributed by atoms with Crippen molar-refractivity contribution in [3.8, 4) is 0 Å². The molecule has 6 nitrogen and oxygen atoms in total. The number of carbonyl (C=O) groups excluding carboxylic acids is 2. The summed E-state index contributed by atoms with van der Waals surface area (Å²) < 4.78 is 7.44. The molecule has 0 aliphatic rings. The Kier molecular flexibility index (Phi) is 9.82. The second kappa shape index (κ2) is 13.9. The molecule has 3 aromatic carbocycles. The first kappa shape index (κ1) is 26.8. The fourth-order valence-electron chi connectivity index (χ4n) is 3.99. The molecule has 4 aromatic rings. The van der Waals surface area contributed by atoms with Gasteiger partial charge in [-0.25, -0.2) is 4.79 Å². The Morgan fingerprint density at radius 1 is 0.842 bits per heavy atom. The smallest absolute Gasteiger partial charge is 0.408 e. The van der Waals surface area contributed by atoms with Gasteiger partial charge in [-0.1, -0.05) is 108 Å². The summed E-state index contributed by atoms with van der Waals surface area (Å²) in [5.41, 5.74) is 2.92. The van der Waals surface area contributed by atoms with Crippen molar-refractivity contribution >= 4 is 29.4 Å². The average Bonchev–Trinajstić information content (AvgIpc) is 3.36. The molecule has 0 aliphatic heterocycles. The lowest BCUT2D eigenvalue weighted by Gasteiger charge is -2.22. The quantitative estimate of drug-likeness (QED) is 0.275. The van der Waals surface area contributed by atoms with Crippen molar-refractivity contribution in [3.05, 3.63) is 130 Å². The number of nitrogens with one attached hydrogen (secondary N) is 2. The van der Waals surface area contributed by atoms with Crippen LogP contribution in [-0.4, -0.2) is 24.1 Å². The predicted molar refractivity (Wildman–Crippen MR) is 150 cm³/mol. The molecule has 0 unspecified atom stereocenters. The van der Waals surface area contributed by atoms with Crippen LogP contribution >= 0.6 is 11.3 Å². The Hall–Kier alpha value is -4.23. The van der Waals surface area contributed by atoms with Gasteiger partial charge in [-0.15, -0.1) is 0 Å². The Labute approximate surface area is 227 Å². The molecule has 1 heterocycles. The highest BCUT2D eigenvalue weighted by Crippen LogP contribution is 2.11. The van der Waals surface area contributed by atoms with Gasteiger partial charge < -0.3 is 15.4 Å². The first-order valence-corrected chi connectivity index (χ1v) is 13.4. The summed E-state index contributed by atoms with van der Waals surface area (Å²) in [6, 6.07) is 28.0. The van der Waals surface area contributed by atoms with E-state index in [9.17, 15) is 9.59 Å². The third kappa shape index (κ3) is 8.42. The highest BCUT2D eigenvalue weighted by atomic mass is 32.1. The Balaban J connectivity index is 1.48. The molecule has 2 amide bonds. The van der Waals surface area contributed by atoms with E-state index in [4.69, 9.17) is 4.74 Å². The van der Waals surface area contributed by atoms with Crippen LogP contribution in [0.2, 0.25) is 0 Å². The van der Waals surface area contributed by atoms with Crippen LogP contribution in [0, 0.1) is 0 Å². The van der Waals surface area contributed by atoms with Gasteiger partial charge in [0, 0.05) is 12.5 Å². The van der Waals surface area contributed by atoms with Crippen molar-refractivity contribution < 1.29 is 18.9 Å². The minimum atomic E-state index is -0.801. The molecule has 2 N–H and O–H groups in total. The SMILES string of the molecule is C[n+]1ccsc1/C=C/[C@H](Cc1ccccc1)NC(=O)[C@H](Cc1ccccc1)NC(=O)OCc1ccccc1. The third-order valence-corrected chi connectivity index (χ3v) is 6.95. The maximum Gasteiger partial charge on any atom is 0.408 e. The van der Waals surface area contributed by atoms with Crippen LogP contribution in [0.5, 0.6) is 0 Å². The molecule has 2 atom stereocenters. The largest absolute Gasteiger partial charge is 0.445 e. The third-order valence-electron chi connectivity index (χ3n) is 6.02. The number of carbonyl (C=O) groups is 2. The molecule has 0 saturated carbocycles. The van der Waals surface area contributed by atoms with Crippen LogP contribution in [0.4, 0.5) is 4.79 Å². The lowest BCUT2D eigenvalue weighted by molar-refractivity contribution is -0.668. The number of nitrogens with zero attached hydrogens (tertiary/aromatic N) is 1. The number of hydrogen-bond donors (Lipinski definition) is 2. The lowest BCUT2D eigenvalue weighted by atomic mass is 10.0. The van der Waals surface area contributed by atoms with Crippen LogP contribution in [0.1, 0.15) is 21.7 Å². The monoisotopic (exact) mass is 526 g/mol. The van der Waals surface area contributed by atoms with E-state index in [0.717, 1.165) is 21.7 Å². The maximum atomic E-state index is 13.6. The first-order valence-electron chi connectivity index (χ1n) is 12.5. The van der Waals surface area contributed by atoms with E-state index >= 15 is 0 Å². The fourth-order valence-corrected chi connectivity index (χ4v) is 4.76. The van der Waals surface area contributed by atoms with Crippen molar-refractivity contribution in [2.45, 2.75) is 31.5 Å². The number of hydrogen-bond acceptors (Lipinski definition) is 4. The van der Waals surface area contributed by atoms with Gasteiger partial charge in [-0.05, 0) is 23.1 Å². The number of alkyl carbamates (subject to hydrolysis) is 1. The highest BCUT2D eigenvalue weighted by molar-refractivity contribution is 7.10. The molecule has 0 aliphatic carbocycles. The number of aromatic nitrogens is 1. The minimum Gasteiger partial charge on any atom is -0.445 e. The van der Waals surface area contributed by atoms with Crippen molar-refractivity contribution in [3.63, 3.8) is 0 Å². The Morgan fingerprint density at radius 3 is 2.00 bits per heavy atom. The van der Waals surface area contributed by atoms with E-state index in [1.807, 2.05) is 126 Å². The minimum absolute atomic E-state index is 0.129. The van der Waals surface area contributed by atoms with E-state index in [0.29, 0.717) is 12.8 Å². The van der Waals surface area contributed by atoms with Crippen molar-refractivity contribution in [2.24, 2.45) is 7.05 Å². The molecule has 0 spiro atoms. The summed E-state index contributed by atoms with van der Waals surface area (Å²) in [4.78, 5) is 26.3. The van der Waals surface area contributed by atoms with Crippen LogP contribution in [0.15, 0.2) is 109 Å². The van der Waals surface area contributed by atoms with E-state index in [1.54, 1.807) is 11.3 Å². The predicted octanol–water partition coefficient (Wildman–Crippen LogP) is 4.85. The maximum absolute atomic E-state index is 13.6. The molecule has 4 rings (SSSR count). The standard InChI is InChI=1S/C31H31N3O3S/c1-34-19-20-38-29(34)18-17-27(21-24-11-5-2-6-12-24)32-30(35)28(22-25-13-7-3-8-14-25)33-31(36)37-23-26-15-9-4-10-16-26/h2-20,27-28H,21-23H2,1H3,(H-,32,33,35,36)/p+1/b18-17+/t27-,28+/m1/s1. The van der Waals surface area contributed by atoms with Crippen LogP contribution in [0.25, 0.3) is 6.08 Å². The summed E-state index contributed by atoms with van der Waals surface area (Å²) in [5, 5.41) is 9.02. The number of aryl methyl sites for hydroxylation is 1. The number of ether oxygens (including phenoxy) is 1. The number of rotatable bonds is 11. The van der Waals surface area contributed by atoms with Crippen molar-refractivity contribution in [2.75, 3.05) is 0 Å². The van der Waals surface area contributed by atoms with Crippen LogP contribution in [0.3, 0.4) is 0 Å². The molecule has 0 fully saturated rings. The zero-order valence-electron chi connectivity index (χ0n) is 21.3. The topological polar surface area (TPSA) is 71.3 Å². The van der Waals surface area contributed by atoms with E-state index in [2.05, 4.69) is 10.6 Å². The number of amides is 2. The fraction of sp³-hybridized carbons (Fsp3) is 0.194. The van der Waals surface area contributed by atoms with E-state index in [-0.39, 0.29) is 18.6 Å². The van der Waals surface area contributed by atoms with Crippen LogP contribution < -0.4 is 15.2 Å². The van der Waals surface area contributed by atoms with Gasteiger partial charge in [0.05, 0.1) is 11.4 Å². The number of benzene rings is 3. The molecule has 194 valence electrons. The molecular formula is C31H32N3O3S+. The molecule has 0 bridgehead atoms. The van der Waals surface area contributed by atoms with E-state index < -0.39 is 12.1 Å². The normalized spacial score (nSPS) is 12.6. The second-order valence-electron chi connectivity index (χ2n) is 8.96. The van der Waals surface area contributed by atoms with Crippen molar-refractivity contribution in [1.82, 2.24) is 10.6 Å². The van der Waals surface area contributed by atoms with Crippen LogP contribution in [-0.2, 0) is 36.0 Å². The van der Waals surface area contributed by atoms with Gasteiger partial charge >= 0.3 is 6.09 Å². The molecule has 1 aromatic heterocycles.